The molecule has 0 saturated heterocycles. The number of carbonyl (C=O) groups excluding carboxylic acids is 2. The van der Waals surface area contributed by atoms with E-state index >= 15 is 0 Å². The molecular weight excluding hydrogens is 216 g/mol. The number of Topliss-reactive ketones (excluding diaryl/α,β-unsaturated/α-hetero) is 1. The average Bonchev–Trinajstić information content (AvgIpc) is 2.14. The molecule has 0 aromatic heterocycles. The summed E-state index contributed by atoms with van der Waals surface area (Å²) >= 11 is 0. The molecule has 0 bridgehead atoms. The molecule has 0 aliphatic heterocycles. The standard InChI is InChI=1S/C10H10O4S/c1-7-5-8(9(12)6-11)3-4-10(7)15(2,13)14/h3-6H,1-2H3. The lowest BCUT2D eigenvalue weighted by atomic mass is 10.1. The summed E-state index contributed by atoms with van der Waals surface area (Å²) in [6.45, 7) is 1.58. The first-order valence-corrected chi connectivity index (χ1v) is 6.05. The summed E-state index contributed by atoms with van der Waals surface area (Å²) in [4.78, 5) is 21.4. The van der Waals surface area contributed by atoms with Crippen molar-refractivity contribution >= 4 is 21.9 Å². The fourth-order valence-electron chi connectivity index (χ4n) is 1.29. The number of ketones is 1. The Morgan fingerprint density at radius 2 is 1.93 bits per heavy atom. The van der Waals surface area contributed by atoms with Crippen LogP contribution in [0.2, 0.25) is 0 Å². The van der Waals surface area contributed by atoms with Crippen molar-refractivity contribution < 1.29 is 18.0 Å². The minimum Gasteiger partial charge on any atom is -0.294 e. The third kappa shape index (κ3) is 2.50. The maximum Gasteiger partial charge on any atom is 0.225 e. The van der Waals surface area contributed by atoms with Crippen LogP contribution in [0.25, 0.3) is 0 Å². The minimum absolute atomic E-state index is 0.171. The molecule has 1 rings (SSSR count). The fraction of sp³-hybridized carbons (Fsp3) is 0.200. The summed E-state index contributed by atoms with van der Waals surface area (Å²) in [6.07, 6.45) is 1.30. The maximum absolute atomic E-state index is 11.2. The normalized spacial score (nSPS) is 11.1. The van der Waals surface area contributed by atoms with Crippen molar-refractivity contribution in [2.75, 3.05) is 6.26 Å². The number of hydrogen-bond donors (Lipinski definition) is 0. The van der Waals surface area contributed by atoms with Gasteiger partial charge in [0.25, 0.3) is 0 Å². The van der Waals surface area contributed by atoms with Crippen molar-refractivity contribution in [3.63, 3.8) is 0 Å². The summed E-state index contributed by atoms with van der Waals surface area (Å²) in [6, 6.07) is 4.06. The molecule has 5 heteroatoms. The number of aldehydes is 1. The Morgan fingerprint density at radius 1 is 1.33 bits per heavy atom. The Hall–Kier alpha value is -1.49. The summed E-state index contributed by atoms with van der Waals surface area (Å²) < 4.78 is 22.5. The second kappa shape index (κ2) is 3.94. The topological polar surface area (TPSA) is 68.3 Å². The number of aryl methyl sites for hydroxylation is 1. The quantitative estimate of drug-likeness (QED) is 0.434. The van der Waals surface area contributed by atoms with E-state index in [9.17, 15) is 18.0 Å². The summed E-state index contributed by atoms with van der Waals surface area (Å²) in [7, 11) is -3.28. The van der Waals surface area contributed by atoms with Gasteiger partial charge in [-0.25, -0.2) is 8.42 Å². The molecule has 1 aromatic carbocycles. The molecule has 0 unspecified atom stereocenters. The van der Waals surface area contributed by atoms with Crippen molar-refractivity contribution in [3.05, 3.63) is 29.3 Å². The van der Waals surface area contributed by atoms with Crippen LogP contribution in [0.4, 0.5) is 0 Å². The molecule has 4 nitrogen and oxygen atoms in total. The van der Waals surface area contributed by atoms with E-state index in [0.29, 0.717) is 5.56 Å². The molecule has 0 heterocycles. The Morgan fingerprint density at radius 3 is 2.33 bits per heavy atom. The van der Waals surface area contributed by atoms with Gasteiger partial charge in [0.05, 0.1) is 4.90 Å². The number of carbonyl (C=O) groups is 2. The molecule has 1 aromatic rings. The van der Waals surface area contributed by atoms with E-state index in [1.165, 1.54) is 18.2 Å². The van der Waals surface area contributed by atoms with E-state index in [1.807, 2.05) is 0 Å². The third-order valence-electron chi connectivity index (χ3n) is 1.97. The van der Waals surface area contributed by atoms with Crippen molar-refractivity contribution in [2.45, 2.75) is 11.8 Å². The molecule has 0 amide bonds. The highest BCUT2D eigenvalue weighted by molar-refractivity contribution is 7.90. The van der Waals surface area contributed by atoms with E-state index in [-0.39, 0.29) is 16.7 Å². The first-order chi connectivity index (χ1) is 6.86. The molecule has 0 N–H and O–H groups in total. The Labute approximate surface area is 87.8 Å². The van der Waals surface area contributed by atoms with Gasteiger partial charge in [-0.3, -0.25) is 9.59 Å². The van der Waals surface area contributed by atoms with Gasteiger partial charge in [0.15, 0.2) is 16.1 Å². The predicted molar refractivity (Wildman–Crippen MR) is 54.7 cm³/mol. The zero-order valence-electron chi connectivity index (χ0n) is 8.35. The van der Waals surface area contributed by atoms with Crippen LogP contribution >= 0.6 is 0 Å². The Bertz CT molecular complexity index is 514. The van der Waals surface area contributed by atoms with Gasteiger partial charge in [-0.05, 0) is 30.7 Å². The molecular formula is C10H10O4S. The van der Waals surface area contributed by atoms with E-state index in [2.05, 4.69) is 0 Å². The van der Waals surface area contributed by atoms with E-state index in [4.69, 9.17) is 0 Å². The van der Waals surface area contributed by atoms with Gasteiger partial charge >= 0.3 is 0 Å². The molecule has 15 heavy (non-hydrogen) atoms. The highest BCUT2D eigenvalue weighted by Crippen LogP contribution is 2.16. The number of rotatable bonds is 3. The van der Waals surface area contributed by atoms with E-state index in [1.54, 1.807) is 6.92 Å². The zero-order valence-corrected chi connectivity index (χ0v) is 9.17. The van der Waals surface area contributed by atoms with E-state index < -0.39 is 15.6 Å². The number of benzene rings is 1. The molecule has 0 atom stereocenters. The Kier molecular flexibility index (Phi) is 3.04. The fourth-order valence-corrected chi connectivity index (χ4v) is 2.25. The van der Waals surface area contributed by atoms with Crippen LogP contribution < -0.4 is 0 Å². The van der Waals surface area contributed by atoms with Gasteiger partial charge in [0.2, 0.25) is 5.78 Å². The lowest BCUT2D eigenvalue weighted by Gasteiger charge is -2.04. The van der Waals surface area contributed by atoms with Crippen molar-refractivity contribution in [1.82, 2.24) is 0 Å². The average molecular weight is 226 g/mol. The van der Waals surface area contributed by atoms with Crippen LogP contribution in [0.15, 0.2) is 23.1 Å². The second-order valence-electron chi connectivity index (χ2n) is 3.23. The van der Waals surface area contributed by atoms with Gasteiger partial charge in [0.1, 0.15) is 0 Å². The lowest BCUT2D eigenvalue weighted by molar-refractivity contribution is -0.104. The molecule has 0 fully saturated rings. The Balaban J connectivity index is 3.32. The highest BCUT2D eigenvalue weighted by Gasteiger charge is 2.12. The van der Waals surface area contributed by atoms with Gasteiger partial charge < -0.3 is 0 Å². The highest BCUT2D eigenvalue weighted by atomic mass is 32.2. The maximum atomic E-state index is 11.2. The number of sulfone groups is 1. The van der Waals surface area contributed by atoms with Gasteiger partial charge in [-0.1, -0.05) is 0 Å². The molecule has 0 radical (unpaired) electrons. The largest absolute Gasteiger partial charge is 0.294 e. The summed E-state index contributed by atoms with van der Waals surface area (Å²) in [5.74, 6) is -0.654. The smallest absolute Gasteiger partial charge is 0.225 e. The van der Waals surface area contributed by atoms with E-state index in [0.717, 1.165) is 6.26 Å². The van der Waals surface area contributed by atoms with Gasteiger partial charge in [-0.2, -0.15) is 0 Å². The molecule has 80 valence electrons. The van der Waals surface area contributed by atoms with Crippen LogP contribution in [0, 0.1) is 6.92 Å². The second-order valence-corrected chi connectivity index (χ2v) is 5.22. The SMILES string of the molecule is Cc1cc(C(=O)C=O)ccc1S(C)(=O)=O. The monoisotopic (exact) mass is 226 g/mol. The summed E-state index contributed by atoms with van der Waals surface area (Å²) in [5, 5.41) is 0. The third-order valence-corrected chi connectivity index (χ3v) is 3.22. The van der Waals surface area contributed by atoms with Crippen molar-refractivity contribution in [3.8, 4) is 0 Å². The molecule has 0 aliphatic carbocycles. The first kappa shape index (κ1) is 11.6. The van der Waals surface area contributed by atoms with Crippen LogP contribution in [-0.2, 0) is 14.6 Å². The van der Waals surface area contributed by atoms with Crippen LogP contribution in [0.1, 0.15) is 15.9 Å². The zero-order chi connectivity index (χ0) is 11.6. The lowest BCUT2D eigenvalue weighted by Crippen LogP contribution is -2.04. The minimum atomic E-state index is -3.28. The van der Waals surface area contributed by atoms with Crippen LogP contribution in [-0.4, -0.2) is 26.7 Å². The predicted octanol–water partition coefficient (Wildman–Crippen LogP) is 0.780. The van der Waals surface area contributed by atoms with Crippen LogP contribution in [0.3, 0.4) is 0 Å². The molecule has 0 saturated carbocycles. The van der Waals surface area contributed by atoms with Crippen molar-refractivity contribution in [2.24, 2.45) is 0 Å². The first-order valence-electron chi connectivity index (χ1n) is 4.16. The molecule has 0 spiro atoms. The van der Waals surface area contributed by atoms with Crippen LogP contribution in [0.5, 0.6) is 0 Å². The summed E-state index contributed by atoms with van der Waals surface area (Å²) in [5.41, 5.74) is 0.667. The number of hydrogen-bond acceptors (Lipinski definition) is 4. The van der Waals surface area contributed by atoms with Gasteiger partial charge in [-0.15, -0.1) is 0 Å². The molecule has 0 aliphatic rings. The van der Waals surface area contributed by atoms with Crippen molar-refractivity contribution in [1.29, 1.82) is 0 Å². The van der Waals surface area contributed by atoms with Gasteiger partial charge in [0, 0.05) is 11.8 Å².